The molecule has 2 nitrogen and oxygen atoms in total. The highest BCUT2D eigenvalue weighted by Crippen LogP contribution is 2.32. The second kappa shape index (κ2) is 5.09. The van der Waals surface area contributed by atoms with Crippen LogP contribution in [0.2, 0.25) is 0 Å². The maximum absolute atomic E-state index is 11.2. The van der Waals surface area contributed by atoms with Gasteiger partial charge in [-0.25, -0.2) is 4.79 Å². The Balaban J connectivity index is 2.87. The summed E-state index contributed by atoms with van der Waals surface area (Å²) in [6.07, 6.45) is 6.43. The van der Waals surface area contributed by atoms with Crippen molar-refractivity contribution in [1.82, 2.24) is 0 Å². The molecule has 0 bridgehead atoms. The van der Waals surface area contributed by atoms with Crippen LogP contribution in [0.5, 0.6) is 0 Å². The summed E-state index contributed by atoms with van der Waals surface area (Å²) < 4.78 is 4.62. The van der Waals surface area contributed by atoms with Crippen LogP contribution in [-0.4, -0.2) is 31.8 Å². The number of carbonyl (C=O) groups is 1. The Morgan fingerprint density at radius 2 is 1.75 bits per heavy atom. The fourth-order valence-electron chi connectivity index (χ4n) is 1.02. The van der Waals surface area contributed by atoms with Gasteiger partial charge in [-0.2, -0.15) is 10.0 Å². The molecule has 0 atom stereocenters. The molecule has 0 amide bonds. The zero-order valence-electron chi connectivity index (χ0n) is 10.0. The molecule has 0 aliphatic rings. The van der Waals surface area contributed by atoms with Gasteiger partial charge in [0.15, 0.2) is 0 Å². The smallest absolute Gasteiger partial charge is 0.337 e. The molecule has 1 aromatic carbocycles. The van der Waals surface area contributed by atoms with Crippen molar-refractivity contribution in [3.63, 3.8) is 0 Å². The van der Waals surface area contributed by atoms with Gasteiger partial charge in [-0.1, -0.05) is 5.92 Å². The fourth-order valence-corrected chi connectivity index (χ4v) is 1.44. The van der Waals surface area contributed by atoms with E-state index in [1.54, 1.807) is 12.1 Å². The first kappa shape index (κ1) is 12.7. The third kappa shape index (κ3) is 4.00. The van der Waals surface area contributed by atoms with E-state index in [1.165, 1.54) is 7.11 Å². The summed E-state index contributed by atoms with van der Waals surface area (Å²) in [5, 5.41) is 3.22. The number of benzene rings is 1. The second-order valence-corrected chi connectivity index (χ2v) is 8.01. The molecule has 0 saturated heterocycles. The highest BCUT2D eigenvalue weighted by atomic mass is 32.3. The van der Waals surface area contributed by atoms with E-state index in [9.17, 15) is 4.79 Å². The van der Waals surface area contributed by atoms with Crippen LogP contribution in [-0.2, 0) is 4.74 Å². The van der Waals surface area contributed by atoms with E-state index >= 15 is 0 Å². The lowest BCUT2D eigenvalue weighted by Crippen LogP contribution is -2.00. The van der Waals surface area contributed by atoms with Crippen LogP contribution in [0.15, 0.2) is 24.3 Å². The molecule has 0 aliphatic carbocycles. The highest BCUT2D eigenvalue weighted by Gasteiger charge is 2.03. The average Bonchev–Trinajstić information content (AvgIpc) is 2.25. The summed E-state index contributed by atoms with van der Waals surface area (Å²) in [5.41, 5.74) is 1.48. The molecule has 0 heterocycles. The van der Waals surface area contributed by atoms with Gasteiger partial charge in [0.2, 0.25) is 0 Å². The molecule has 0 N–H and O–H groups in total. The van der Waals surface area contributed by atoms with Crippen LogP contribution in [0.1, 0.15) is 15.9 Å². The normalized spacial score (nSPS) is 11.2. The van der Waals surface area contributed by atoms with E-state index in [0.29, 0.717) is 5.56 Å². The zero-order chi connectivity index (χ0) is 12.2. The molecule has 0 aliphatic heterocycles. The first-order valence-electron chi connectivity index (χ1n) is 4.82. The van der Waals surface area contributed by atoms with E-state index in [-0.39, 0.29) is 5.97 Å². The topological polar surface area (TPSA) is 26.3 Å². The summed E-state index contributed by atoms with van der Waals surface area (Å²) in [5.74, 6) is 2.79. The number of esters is 1. The quantitative estimate of drug-likeness (QED) is 0.553. The average molecular weight is 236 g/mol. The minimum Gasteiger partial charge on any atom is -0.465 e. The van der Waals surface area contributed by atoms with Crippen LogP contribution in [0.25, 0.3) is 0 Å². The zero-order valence-corrected chi connectivity index (χ0v) is 10.9. The number of hydrogen-bond acceptors (Lipinski definition) is 2. The molecular weight excluding hydrogens is 220 g/mol. The van der Waals surface area contributed by atoms with E-state index in [0.717, 1.165) is 5.56 Å². The van der Waals surface area contributed by atoms with Gasteiger partial charge < -0.3 is 4.74 Å². The maximum atomic E-state index is 11.2. The van der Waals surface area contributed by atoms with Gasteiger partial charge in [-0.3, -0.25) is 0 Å². The van der Waals surface area contributed by atoms with Crippen molar-refractivity contribution < 1.29 is 9.53 Å². The summed E-state index contributed by atoms with van der Waals surface area (Å²) in [7, 11) is 0.568. The highest BCUT2D eigenvalue weighted by molar-refractivity contribution is 8.35. The monoisotopic (exact) mass is 236 g/mol. The van der Waals surface area contributed by atoms with Gasteiger partial charge in [0, 0.05) is 5.56 Å². The van der Waals surface area contributed by atoms with Crippen molar-refractivity contribution in [3.8, 4) is 11.2 Å². The van der Waals surface area contributed by atoms with Crippen molar-refractivity contribution in [1.29, 1.82) is 0 Å². The third-order valence-electron chi connectivity index (χ3n) is 1.81. The predicted molar refractivity (Wildman–Crippen MR) is 70.0 cm³/mol. The first-order valence-corrected chi connectivity index (χ1v) is 7.67. The Labute approximate surface area is 98.3 Å². The Morgan fingerprint density at radius 1 is 1.19 bits per heavy atom. The summed E-state index contributed by atoms with van der Waals surface area (Å²) in [4.78, 5) is 11.2. The van der Waals surface area contributed by atoms with Gasteiger partial charge >= 0.3 is 5.97 Å². The standard InChI is InChI=1S/C13H16O2S/c1-15-13(14)12-7-5-11(6-8-12)9-10-16(2,3)4/h5-8H,1-4H3. The summed E-state index contributed by atoms with van der Waals surface area (Å²) in [6, 6.07) is 7.14. The number of ether oxygens (including phenoxy) is 1. The Kier molecular flexibility index (Phi) is 4.03. The van der Waals surface area contributed by atoms with Crippen LogP contribution in [0, 0.1) is 11.2 Å². The van der Waals surface area contributed by atoms with Crippen LogP contribution in [0.4, 0.5) is 0 Å². The van der Waals surface area contributed by atoms with Crippen molar-refractivity contribution in [3.05, 3.63) is 35.4 Å². The summed E-state index contributed by atoms with van der Waals surface area (Å²) in [6.45, 7) is 0. The van der Waals surface area contributed by atoms with Gasteiger partial charge in [0.25, 0.3) is 0 Å². The minimum atomic E-state index is -0.806. The van der Waals surface area contributed by atoms with Crippen LogP contribution in [0.3, 0.4) is 0 Å². The van der Waals surface area contributed by atoms with E-state index in [4.69, 9.17) is 0 Å². The SMILES string of the molecule is COC(=O)c1ccc(C#CS(C)(C)C)cc1. The lowest BCUT2D eigenvalue weighted by atomic mass is 10.1. The molecule has 1 aromatic rings. The van der Waals surface area contributed by atoms with Crippen molar-refractivity contribution in [2.24, 2.45) is 0 Å². The number of carbonyl (C=O) groups excluding carboxylic acids is 1. The Bertz CT molecular complexity index is 430. The lowest BCUT2D eigenvalue weighted by molar-refractivity contribution is 0.0601. The van der Waals surface area contributed by atoms with Gasteiger partial charge in [0.1, 0.15) is 0 Å². The minimum absolute atomic E-state index is 0.319. The van der Waals surface area contributed by atoms with E-state index in [1.807, 2.05) is 12.1 Å². The van der Waals surface area contributed by atoms with Crippen molar-refractivity contribution in [2.45, 2.75) is 0 Å². The molecular formula is C13H16O2S. The van der Waals surface area contributed by atoms with Crippen LogP contribution < -0.4 is 0 Å². The third-order valence-corrected chi connectivity index (χ3v) is 2.52. The molecule has 86 valence electrons. The molecule has 1 rings (SSSR count). The Morgan fingerprint density at radius 3 is 2.19 bits per heavy atom. The molecule has 16 heavy (non-hydrogen) atoms. The largest absolute Gasteiger partial charge is 0.465 e. The Hall–Kier alpha value is -1.40. The number of methoxy groups -OCH3 is 1. The molecule has 0 spiro atoms. The van der Waals surface area contributed by atoms with E-state index < -0.39 is 10.0 Å². The predicted octanol–water partition coefficient (Wildman–Crippen LogP) is 2.48. The summed E-state index contributed by atoms with van der Waals surface area (Å²) >= 11 is 0. The lowest BCUT2D eigenvalue weighted by Gasteiger charge is -2.14. The second-order valence-electron chi connectivity index (χ2n) is 4.13. The molecule has 3 heteroatoms. The van der Waals surface area contributed by atoms with Gasteiger partial charge in [-0.15, -0.1) is 0 Å². The fraction of sp³-hybridized carbons (Fsp3) is 0.308. The molecule has 0 radical (unpaired) electrons. The van der Waals surface area contributed by atoms with Crippen molar-refractivity contribution >= 4 is 16.0 Å². The van der Waals surface area contributed by atoms with Gasteiger partial charge in [-0.05, 0) is 48.3 Å². The van der Waals surface area contributed by atoms with Gasteiger partial charge in [0.05, 0.1) is 12.7 Å². The molecule has 0 saturated carbocycles. The van der Waals surface area contributed by atoms with E-state index in [2.05, 4.69) is 34.7 Å². The molecule has 0 fully saturated rings. The van der Waals surface area contributed by atoms with Crippen molar-refractivity contribution in [2.75, 3.05) is 25.9 Å². The van der Waals surface area contributed by atoms with Crippen LogP contribution >= 0.6 is 10.0 Å². The maximum Gasteiger partial charge on any atom is 0.337 e. The first-order chi connectivity index (χ1) is 7.42. The number of rotatable bonds is 1. The number of hydrogen-bond donors (Lipinski definition) is 0. The molecule has 0 unspecified atom stereocenters. The molecule has 0 aromatic heterocycles.